The summed E-state index contributed by atoms with van der Waals surface area (Å²) in [5, 5.41) is 0. The first kappa shape index (κ1) is 18.3. The van der Waals surface area contributed by atoms with Crippen LogP contribution in [-0.4, -0.2) is 66.4 Å². The normalized spacial score (nSPS) is 20.5. The average molecular weight is 357 g/mol. The van der Waals surface area contributed by atoms with Crippen LogP contribution in [0.5, 0.6) is 5.75 Å². The lowest BCUT2D eigenvalue weighted by Crippen LogP contribution is -2.51. The zero-order valence-corrected chi connectivity index (χ0v) is 15.1. The molecule has 0 radical (unpaired) electrons. The van der Waals surface area contributed by atoms with E-state index in [9.17, 15) is 4.79 Å². The summed E-state index contributed by atoms with van der Waals surface area (Å²) in [6.07, 6.45) is 3.09. The van der Waals surface area contributed by atoms with Crippen molar-refractivity contribution < 1.29 is 19.0 Å². The summed E-state index contributed by atoms with van der Waals surface area (Å²) in [6.45, 7) is 3.69. The zero-order chi connectivity index (χ0) is 18.4. The highest BCUT2D eigenvalue weighted by Crippen LogP contribution is 2.20. The quantitative estimate of drug-likeness (QED) is 0.811. The second kappa shape index (κ2) is 8.25. The van der Waals surface area contributed by atoms with Crippen molar-refractivity contribution in [1.29, 1.82) is 0 Å². The molecule has 7 heteroatoms. The highest BCUT2D eigenvalue weighted by Gasteiger charge is 2.38. The number of ether oxygens (including phenoxy) is 3. The molecular weight excluding hydrogens is 334 g/mol. The van der Waals surface area contributed by atoms with Gasteiger partial charge in [-0.25, -0.2) is 9.97 Å². The zero-order valence-electron chi connectivity index (χ0n) is 15.1. The molecule has 0 N–H and O–H groups in total. The molecule has 0 aliphatic carbocycles. The third-order valence-corrected chi connectivity index (χ3v) is 4.34. The molecule has 1 fully saturated rings. The number of aryl methyl sites for hydroxylation is 1. The number of para-hydroxylation sites is 1. The van der Waals surface area contributed by atoms with Crippen LogP contribution in [0.15, 0.2) is 42.7 Å². The van der Waals surface area contributed by atoms with Crippen molar-refractivity contribution in [3.63, 3.8) is 0 Å². The van der Waals surface area contributed by atoms with E-state index in [0.717, 1.165) is 5.75 Å². The maximum Gasteiger partial charge on any atom is 0.257 e. The Bertz CT molecular complexity index is 723. The van der Waals surface area contributed by atoms with Crippen molar-refractivity contribution >= 4 is 5.91 Å². The number of amides is 1. The number of benzene rings is 1. The summed E-state index contributed by atoms with van der Waals surface area (Å²) < 4.78 is 17.3. The van der Waals surface area contributed by atoms with Crippen molar-refractivity contribution in [3.05, 3.63) is 54.1 Å². The number of carbonyl (C=O) groups excluding carboxylic acids is 1. The molecule has 2 aromatic rings. The Hall–Kier alpha value is -2.51. The number of aromatic nitrogens is 2. The first-order valence-electron chi connectivity index (χ1n) is 8.51. The van der Waals surface area contributed by atoms with Gasteiger partial charge in [0.05, 0.1) is 25.3 Å². The fourth-order valence-electron chi connectivity index (χ4n) is 2.77. The number of methoxy groups -OCH3 is 1. The predicted octanol–water partition coefficient (Wildman–Crippen LogP) is 1.72. The lowest BCUT2D eigenvalue weighted by atomic mass is 10.1. The summed E-state index contributed by atoms with van der Waals surface area (Å²) in [5.74, 6) is 1.23. The van der Waals surface area contributed by atoms with Gasteiger partial charge in [0.2, 0.25) is 0 Å². The van der Waals surface area contributed by atoms with Crippen LogP contribution in [0.4, 0.5) is 0 Å². The molecule has 2 heterocycles. The van der Waals surface area contributed by atoms with Crippen LogP contribution in [0.25, 0.3) is 0 Å². The van der Waals surface area contributed by atoms with Crippen molar-refractivity contribution in [1.82, 2.24) is 14.9 Å². The van der Waals surface area contributed by atoms with Crippen LogP contribution in [0.2, 0.25) is 0 Å². The molecule has 138 valence electrons. The van der Waals surface area contributed by atoms with Crippen LogP contribution < -0.4 is 4.74 Å². The lowest BCUT2D eigenvalue weighted by Gasteiger charge is -2.34. The number of hydrogen-bond acceptors (Lipinski definition) is 6. The number of carbonyl (C=O) groups is 1. The molecule has 1 aromatic heterocycles. The Labute approximate surface area is 152 Å². The standard InChI is InChI=1S/C19H23N3O4/c1-15-20-10-16(11-21-15)18(23)22-8-9-25-13-19(12-22,24-2)14-26-17-6-4-3-5-7-17/h3-7,10-11H,8-9,12-14H2,1-2H3. The molecule has 1 aromatic carbocycles. The minimum atomic E-state index is -0.743. The summed E-state index contributed by atoms with van der Waals surface area (Å²) in [4.78, 5) is 22.8. The molecule has 1 atom stereocenters. The van der Waals surface area contributed by atoms with Gasteiger partial charge in [-0.2, -0.15) is 0 Å². The Morgan fingerprint density at radius 3 is 2.69 bits per heavy atom. The van der Waals surface area contributed by atoms with Gasteiger partial charge in [0, 0.05) is 26.0 Å². The largest absolute Gasteiger partial charge is 0.490 e. The van der Waals surface area contributed by atoms with E-state index in [-0.39, 0.29) is 12.5 Å². The third kappa shape index (κ3) is 4.36. The molecule has 1 saturated heterocycles. The highest BCUT2D eigenvalue weighted by molar-refractivity contribution is 5.93. The van der Waals surface area contributed by atoms with Crippen molar-refractivity contribution in [2.45, 2.75) is 12.5 Å². The molecule has 7 nitrogen and oxygen atoms in total. The number of hydrogen-bond donors (Lipinski definition) is 0. The second-order valence-electron chi connectivity index (χ2n) is 6.29. The minimum Gasteiger partial charge on any atom is -0.490 e. The fourth-order valence-corrected chi connectivity index (χ4v) is 2.77. The smallest absolute Gasteiger partial charge is 0.257 e. The van der Waals surface area contributed by atoms with Crippen molar-refractivity contribution in [2.75, 3.05) is 40.0 Å². The van der Waals surface area contributed by atoms with Gasteiger partial charge in [-0.3, -0.25) is 4.79 Å². The predicted molar refractivity (Wildman–Crippen MR) is 95.2 cm³/mol. The molecular formula is C19H23N3O4. The number of rotatable bonds is 5. The second-order valence-corrected chi connectivity index (χ2v) is 6.29. The topological polar surface area (TPSA) is 73.8 Å². The van der Waals surface area contributed by atoms with E-state index in [0.29, 0.717) is 37.7 Å². The summed E-state index contributed by atoms with van der Waals surface area (Å²) in [7, 11) is 1.61. The van der Waals surface area contributed by atoms with Gasteiger partial charge in [0.25, 0.3) is 5.91 Å². The molecule has 1 unspecified atom stereocenters. The molecule has 0 bridgehead atoms. The maximum absolute atomic E-state index is 12.8. The highest BCUT2D eigenvalue weighted by atomic mass is 16.6. The first-order chi connectivity index (χ1) is 12.6. The van der Waals surface area contributed by atoms with Crippen LogP contribution in [0.3, 0.4) is 0 Å². The van der Waals surface area contributed by atoms with Gasteiger partial charge in [0.15, 0.2) is 0 Å². The molecule has 0 saturated carbocycles. The van der Waals surface area contributed by atoms with Crippen LogP contribution >= 0.6 is 0 Å². The lowest BCUT2D eigenvalue weighted by molar-refractivity contribution is -0.0898. The van der Waals surface area contributed by atoms with E-state index in [4.69, 9.17) is 14.2 Å². The fraction of sp³-hybridized carbons (Fsp3) is 0.421. The third-order valence-electron chi connectivity index (χ3n) is 4.34. The molecule has 3 rings (SSSR count). The SMILES string of the molecule is COC1(COc2ccccc2)COCCN(C(=O)c2cnc(C)nc2)C1. The van der Waals surface area contributed by atoms with Gasteiger partial charge >= 0.3 is 0 Å². The van der Waals surface area contributed by atoms with E-state index < -0.39 is 5.60 Å². The van der Waals surface area contributed by atoms with E-state index in [1.165, 1.54) is 0 Å². The maximum atomic E-state index is 12.8. The van der Waals surface area contributed by atoms with Crippen LogP contribution in [0, 0.1) is 6.92 Å². The van der Waals surface area contributed by atoms with Crippen molar-refractivity contribution in [3.8, 4) is 5.75 Å². The molecule has 1 aliphatic rings. The van der Waals surface area contributed by atoms with Gasteiger partial charge in [-0.15, -0.1) is 0 Å². The van der Waals surface area contributed by atoms with E-state index in [1.54, 1.807) is 31.3 Å². The van der Waals surface area contributed by atoms with Crippen LogP contribution in [0.1, 0.15) is 16.2 Å². The molecule has 26 heavy (non-hydrogen) atoms. The summed E-state index contributed by atoms with van der Waals surface area (Å²) in [5.41, 5.74) is -0.292. The van der Waals surface area contributed by atoms with Crippen molar-refractivity contribution in [2.24, 2.45) is 0 Å². The molecule has 1 amide bonds. The van der Waals surface area contributed by atoms with Crippen LogP contribution in [-0.2, 0) is 9.47 Å². The minimum absolute atomic E-state index is 0.142. The summed E-state index contributed by atoms with van der Waals surface area (Å²) in [6, 6.07) is 9.51. The Balaban J connectivity index is 1.73. The first-order valence-corrected chi connectivity index (χ1v) is 8.51. The van der Waals surface area contributed by atoms with E-state index in [2.05, 4.69) is 9.97 Å². The van der Waals surface area contributed by atoms with Gasteiger partial charge in [-0.1, -0.05) is 18.2 Å². The van der Waals surface area contributed by atoms with Gasteiger partial charge in [-0.05, 0) is 19.1 Å². The Morgan fingerprint density at radius 2 is 2.00 bits per heavy atom. The van der Waals surface area contributed by atoms with Gasteiger partial charge in [0.1, 0.15) is 23.8 Å². The monoisotopic (exact) mass is 357 g/mol. The number of nitrogens with zero attached hydrogens (tertiary/aromatic N) is 3. The van der Waals surface area contributed by atoms with E-state index >= 15 is 0 Å². The Morgan fingerprint density at radius 1 is 1.27 bits per heavy atom. The van der Waals surface area contributed by atoms with Gasteiger partial charge < -0.3 is 19.1 Å². The van der Waals surface area contributed by atoms with E-state index in [1.807, 2.05) is 30.3 Å². The summed E-state index contributed by atoms with van der Waals surface area (Å²) >= 11 is 0. The average Bonchev–Trinajstić information content (AvgIpc) is 2.91. The molecule has 0 spiro atoms. The Kier molecular flexibility index (Phi) is 5.80. The molecule has 1 aliphatic heterocycles.